The largest absolute Gasteiger partial charge is 0.342 e. The lowest BCUT2D eigenvalue weighted by Crippen LogP contribution is -2.44. The number of amides is 2. The number of nitrogens with zero attached hydrogens (tertiary/aromatic N) is 2. The first-order valence-electron chi connectivity index (χ1n) is 8.36. The summed E-state index contributed by atoms with van der Waals surface area (Å²) in [5.74, 6) is 0.552. The molecule has 0 saturated carbocycles. The molecule has 0 aliphatic carbocycles. The fraction of sp³-hybridized carbons (Fsp3) is 0.647. The molecule has 0 bridgehead atoms. The molecule has 5 heteroatoms. The zero-order valence-electron chi connectivity index (χ0n) is 13.0. The van der Waals surface area contributed by atoms with E-state index in [0.717, 1.165) is 44.3 Å². The van der Waals surface area contributed by atoms with Crippen molar-refractivity contribution >= 4 is 23.2 Å². The summed E-state index contributed by atoms with van der Waals surface area (Å²) in [4.78, 5) is 28.9. The molecular weight excluding hydrogens is 296 g/mol. The Kier molecular flexibility index (Phi) is 5.13. The lowest BCUT2D eigenvalue weighted by atomic mass is 9.94. The van der Waals surface area contributed by atoms with Crippen LogP contribution in [-0.2, 0) is 4.79 Å². The van der Waals surface area contributed by atoms with Crippen molar-refractivity contribution in [2.24, 2.45) is 5.92 Å². The molecule has 0 aromatic carbocycles. The molecule has 4 nitrogen and oxygen atoms in total. The third-order valence-corrected chi connectivity index (χ3v) is 5.50. The fourth-order valence-electron chi connectivity index (χ4n) is 3.45. The lowest BCUT2D eigenvalue weighted by molar-refractivity contribution is -0.136. The van der Waals surface area contributed by atoms with Crippen molar-refractivity contribution in [1.29, 1.82) is 0 Å². The standard InChI is InChI=1S/C17H24N2O2S/c20-16(18-8-3-1-2-4-9-18)14-5-10-19(11-6-14)17(21)15-7-12-22-13-15/h7,12-14H,1-6,8-11H2. The normalized spacial score (nSPS) is 20.7. The number of thiophene rings is 1. The van der Waals surface area contributed by atoms with E-state index in [0.29, 0.717) is 19.0 Å². The third-order valence-electron chi connectivity index (χ3n) is 4.82. The van der Waals surface area contributed by atoms with E-state index in [2.05, 4.69) is 4.90 Å². The van der Waals surface area contributed by atoms with Crippen molar-refractivity contribution < 1.29 is 9.59 Å². The highest BCUT2D eigenvalue weighted by Gasteiger charge is 2.30. The first-order valence-corrected chi connectivity index (χ1v) is 9.30. The Bertz CT molecular complexity index is 499. The molecule has 2 aliphatic heterocycles. The van der Waals surface area contributed by atoms with E-state index in [1.54, 1.807) is 11.3 Å². The molecule has 2 aliphatic rings. The Labute approximate surface area is 136 Å². The Balaban J connectivity index is 1.52. The molecule has 3 rings (SSSR count). The van der Waals surface area contributed by atoms with Gasteiger partial charge in [0, 0.05) is 37.5 Å². The van der Waals surface area contributed by atoms with Crippen LogP contribution in [0.4, 0.5) is 0 Å². The number of hydrogen-bond acceptors (Lipinski definition) is 3. The Hall–Kier alpha value is -1.36. The second kappa shape index (κ2) is 7.27. The van der Waals surface area contributed by atoms with Gasteiger partial charge in [-0.2, -0.15) is 11.3 Å². The highest BCUT2D eigenvalue weighted by atomic mass is 32.1. The van der Waals surface area contributed by atoms with Crippen molar-refractivity contribution in [3.63, 3.8) is 0 Å². The van der Waals surface area contributed by atoms with Crippen molar-refractivity contribution in [2.75, 3.05) is 26.2 Å². The quantitative estimate of drug-likeness (QED) is 0.840. The Morgan fingerprint density at radius 3 is 2.23 bits per heavy atom. The van der Waals surface area contributed by atoms with E-state index in [9.17, 15) is 9.59 Å². The maximum absolute atomic E-state index is 12.6. The summed E-state index contributed by atoms with van der Waals surface area (Å²) in [5.41, 5.74) is 0.780. The topological polar surface area (TPSA) is 40.6 Å². The third kappa shape index (κ3) is 3.51. The van der Waals surface area contributed by atoms with Gasteiger partial charge < -0.3 is 9.80 Å². The van der Waals surface area contributed by atoms with Crippen LogP contribution in [0.5, 0.6) is 0 Å². The molecule has 0 spiro atoms. The molecule has 3 heterocycles. The zero-order valence-corrected chi connectivity index (χ0v) is 13.8. The van der Waals surface area contributed by atoms with Crippen LogP contribution in [0.2, 0.25) is 0 Å². The summed E-state index contributed by atoms with van der Waals surface area (Å²) in [5, 5.41) is 3.83. The van der Waals surface area contributed by atoms with Gasteiger partial charge in [-0.1, -0.05) is 12.8 Å². The van der Waals surface area contributed by atoms with Crippen molar-refractivity contribution in [2.45, 2.75) is 38.5 Å². The molecule has 22 heavy (non-hydrogen) atoms. The maximum atomic E-state index is 12.6. The van der Waals surface area contributed by atoms with Crippen LogP contribution >= 0.6 is 11.3 Å². The van der Waals surface area contributed by atoms with Crippen LogP contribution in [0.3, 0.4) is 0 Å². The summed E-state index contributed by atoms with van der Waals surface area (Å²) >= 11 is 1.55. The second-order valence-corrected chi connectivity index (χ2v) is 7.10. The van der Waals surface area contributed by atoms with Crippen LogP contribution in [0.25, 0.3) is 0 Å². The summed E-state index contributed by atoms with van der Waals surface area (Å²) in [6.07, 6.45) is 6.40. The van der Waals surface area contributed by atoms with Crippen LogP contribution in [0.15, 0.2) is 16.8 Å². The first kappa shape index (κ1) is 15.5. The molecule has 1 aromatic rings. The van der Waals surface area contributed by atoms with Crippen molar-refractivity contribution in [3.05, 3.63) is 22.4 Å². The molecular formula is C17H24N2O2S. The highest BCUT2D eigenvalue weighted by molar-refractivity contribution is 7.08. The van der Waals surface area contributed by atoms with Gasteiger partial charge in [0.15, 0.2) is 0 Å². The lowest BCUT2D eigenvalue weighted by Gasteiger charge is -2.34. The summed E-state index contributed by atoms with van der Waals surface area (Å²) < 4.78 is 0. The van der Waals surface area contributed by atoms with Crippen molar-refractivity contribution in [1.82, 2.24) is 9.80 Å². The van der Waals surface area contributed by atoms with Gasteiger partial charge in [0.2, 0.25) is 5.91 Å². The predicted octanol–water partition coefficient (Wildman–Crippen LogP) is 3.00. The SMILES string of the molecule is O=C(c1ccsc1)N1CCC(C(=O)N2CCCCCC2)CC1. The van der Waals surface area contributed by atoms with Crippen LogP contribution in [0.1, 0.15) is 48.9 Å². The van der Waals surface area contributed by atoms with Crippen molar-refractivity contribution in [3.8, 4) is 0 Å². The Morgan fingerprint density at radius 2 is 1.64 bits per heavy atom. The minimum Gasteiger partial charge on any atom is -0.342 e. The van der Waals surface area contributed by atoms with E-state index in [1.165, 1.54) is 12.8 Å². The summed E-state index contributed by atoms with van der Waals surface area (Å²) in [7, 11) is 0. The van der Waals surface area contributed by atoms with Gasteiger partial charge in [-0.3, -0.25) is 9.59 Å². The minimum absolute atomic E-state index is 0.113. The average molecular weight is 320 g/mol. The average Bonchev–Trinajstić information content (AvgIpc) is 2.96. The summed E-state index contributed by atoms with van der Waals surface area (Å²) in [6.45, 7) is 3.26. The maximum Gasteiger partial charge on any atom is 0.254 e. The number of piperidine rings is 1. The monoisotopic (exact) mass is 320 g/mol. The van der Waals surface area contributed by atoms with Crippen LogP contribution in [0, 0.1) is 5.92 Å². The van der Waals surface area contributed by atoms with Crippen LogP contribution < -0.4 is 0 Å². The number of carbonyl (C=O) groups excluding carboxylic acids is 2. The molecule has 1 aromatic heterocycles. The molecule has 0 unspecified atom stereocenters. The first-order chi connectivity index (χ1) is 10.8. The Morgan fingerprint density at radius 1 is 0.955 bits per heavy atom. The second-order valence-electron chi connectivity index (χ2n) is 6.32. The fourth-order valence-corrected chi connectivity index (χ4v) is 4.08. The van der Waals surface area contributed by atoms with Crippen LogP contribution in [-0.4, -0.2) is 47.8 Å². The van der Waals surface area contributed by atoms with Gasteiger partial charge in [-0.25, -0.2) is 0 Å². The van der Waals surface area contributed by atoms with Gasteiger partial charge in [-0.05, 0) is 37.1 Å². The minimum atomic E-state index is 0.113. The zero-order chi connectivity index (χ0) is 15.4. The van der Waals surface area contributed by atoms with Gasteiger partial charge in [0.1, 0.15) is 0 Å². The number of carbonyl (C=O) groups is 2. The van der Waals surface area contributed by atoms with Gasteiger partial charge >= 0.3 is 0 Å². The molecule has 2 fully saturated rings. The molecule has 120 valence electrons. The molecule has 2 saturated heterocycles. The van der Waals surface area contributed by atoms with E-state index in [1.807, 2.05) is 21.7 Å². The van der Waals surface area contributed by atoms with E-state index in [4.69, 9.17) is 0 Å². The van der Waals surface area contributed by atoms with E-state index in [-0.39, 0.29) is 11.8 Å². The summed E-state index contributed by atoms with van der Waals surface area (Å²) in [6, 6.07) is 1.88. The molecule has 2 amide bonds. The molecule has 0 atom stereocenters. The number of hydrogen-bond donors (Lipinski definition) is 0. The van der Waals surface area contributed by atoms with Gasteiger partial charge in [0.25, 0.3) is 5.91 Å². The van der Waals surface area contributed by atoms with E-state index < -0.39 is 0 Å². The molecule has 0 N–H and O–H groups in total. The van der Waals surface area contributed by atoms with E-state index >= 15 is 0 Å². The smallest absolute Gasteiger partial charge is 0.254 e. The number of rotatable bonds is 2. The van der Waals surface area contributed by atoms with Gasteiger partial charge in [-0.15, -0.1) is 0 Å². The van der Waals surface area contributed by atoms with Gasteiger partial charge in [0.05, 0.1) is 5.56 Å². The number of likely N-dealkylation sites (tertiary alicyclic amines) is 2. The highest BCUT2D eigenvalue weighted by Crippen LogP contribution is 2.23. The predicted molar refractivity (Wildman–Crippen MR) is 88.0 cm³/mol. The molecule has 0 radical (unpaired) electrons.